The lowest BCUT2D eigenvalue weighted by atomic mass is 9.87. The third-order valence-corrected chi connectivity index (χ3v) is 3.51. The van der Waals surface area contributed by atoms with E-state index in [1.807, 2.05) is 0 Å². The van der Waals surface area contributed by atoms with Crippen LogP contribution >= 0.6 is 0 Å². The van der Waals surface area contributed by atoms with Crippen LogP contribution in [0.3, 0.4) is 0 Å². The highest BCUT2D eigenvalue weighted by molar-refractivity contribution is 5.79. The van der Waals surface area contributed by atoms with Crippen molar-refractivity contribution >= 4 is 11.0 Å². The van der Waals surface area contributed by atoms with Crippen LogP contribution in [0, 0.1) is 12.3 Å². The predicted octanol–water partition coefficient (Wildman–Crippen LogP) is 3.19. The van der Waals surface area contributed by atoms with Crippen LogP contribution in [0.15, 0.2) is 18.2 Å². The second kappa shape index (κ2) is 4.97. The molecule has 1 atom stereocenters. The van der Waals surface area contributed by atoms with Crippen molar-refractivity contribution in [2.45, 2.75) is 46.6 Å². The topological polar surface area (TPSA) is 43.8 Å². The summed E-state index contributed by atoms with van der Waals surface area (Å²) in [5, 5.41) is 0. The number of fused-ring (bicyclic) bond motifs is 1. The van der Waals surface area contributed by atoms with Gasteiger partial charge in [-0.2, -0.15) is 0 Å². The first-order valence-corrected chi connectivity index (χ1v) is 6.94. The Morgan fingerprint density at radius 1 is 1.32 bits per heavy atom. The fraction of sp³-hybridized carbons (Fsp3) is 0.562. The lowest BCUT2D eigenvalue weighted by Gasteiger charge is -2.22. The van der Waals surface area contributed by atoms with E-state index in [1.54, 1.807) is 0 Å². The molecular weight excluding hydrogens is 234 g/mol. The fourth-order valence-corrected chi connectivity index (χ4v) is 2.79. The van der Waals surface area contributed by atoms with Gasteiger partial charge in [-0.15, -0.1) is 0 Å². The largest absolute Gasteiger partial charge is 0.331 e. The number of benzene rings is 1. The van der Waals surface area contributed by atoms with Gasteiger partial charge < -0.3 is 10.3 Å². The molecule has 1 heterocycles. The van der Waals surface area contributed by atoms with Crippen LogP contribution in [0.5, 0.6) is 0 Å². The van der Waals surface area contributed by atoms with Crippen LogP contribution in [0.4, 0.5) is 0 Å². The SMILES string of the molecule is Cc1cccc2nc(CC(N)CC(C)(C)C)n(C)c12. The molecule has 0 aliphatic rings. The lowest BCUT2D eigenvalue weighted by Crippen LogP contribution is -2.29. The summed E-state index contributed by atoms with van der Waals surface area (Å²) in [5.41, 5.74) is 10.1. The summed E-state index contributed by atoms with van der Waals surface area (Å²) in [5.74, 6) is 1.08. The van der Waals surface area contributed by atoms with Gasteiger partial charge in [-0.1, -0.05) is 32.9 Å². The average Bonchev–Trinajstić information content (AvgIpc) is 2.54. The minimum atomic E-state index is 0.163. The predicted molar refractivity (Wildman–Crippen MR) is 81.2 cm³/mol. The van der Waals surface area contributed by atoms with Crippen molar-refractivity contribution in [2.24, 2.45) is 18.2 Å². The Hall–Kier alpha value is -1.35. The van der Waals surface area contributed by atoms with Crippen molar-refractivity contribution in [3.63, 3.8) is 0 Å². The summed E-state index contributed by atoms with van der Waals surface area (Å²) >= 11 is 0. The van der Waals surface area contributed by atoms with Crippen LogP contribution in [-0.4, -0.2) is 15.6 Å². The van der Waals surface area contributed by atoms with Crippen molar-refractivity contribution in [3.8, 4) is 0 Å². The van der Waals surface area contributed by atoms with Crippen LogP contribution in [0.25, 0.3) is 11.0 Å². The second-order valence-electron chi connectivity index (χ2n) is 6.76. The summed E-state index contributed by atoms with van der Waals surface area (Å²) in [6.45, 7) is 8.81. The average molecular weight is 259 g/mol. The molecule has 3 heteroatoms. The maximum Gasteiger partial charge on any atom is 0.111 e. The molecule has 0 saturated carbocycles. The van der Waals surface area contributed by atoms with Crippen LogP contribution in [0.2, 0.25) is 0 Å². The van der Waals surface area contributed by atoms with E-state index in [2.05, 4.69) is 57.5 Å². The van der Waals surface area contributed by atoms with Crippen LogP contribution < -0.4 is 5.73 Å². The number of hydrogen-bond acceptors (Lipinski definition) is 2. The van der Waals surface area contributed by atoms with E-state index < -0.39 is 0 Å². The maximum absolute atomic E-state index is 6.27. The Morgan fingerprint density at radius 3 is 2.58 bits per heavy atom. The van der Waals surface area contributed by atoms with E-state index in [4.69, 9.17) is 10.7 Å². The Kier molecular flexibility index (Phi) is 3.68. The highest BCUT2D eigenvalue weighted by Gasteiger charge is 2.18. The van der Waals surface area contributed by atoms with Gasteiger partial charge in [0.2, 0.25) is 0 Å². The number of nitrogens with two attached hydrogens (primary N) is 1. The Morgan fingerprint density at radius 2 is 2.00 bits per heavy atom. The smallest absolute Gasteiger partial charge is 0.111 e. The minimum absolute atomic E-state index is 0.163. The lowest BCUT2D eigenvalue weighted by molar-refractivity contribution is 0.335. The van der Waals surface area contributed by atoms with Crippen molar-refractivity contribution in [1.29, 1.82) is 0 Å². The number of imidazole rings is 1. The van der Waals surface area contributed by atoms with Crippen molar-refractivity contribution < 1.29 is 0 Å². The zero-order valence-electron chi connectivity index (χ0n) is 12.7. The molecule has 19 heavy (non-hydrogen) atoms. The van der Waals surface area contributed by atoms with E-state index in [1.165, 1.54) is 11.1 Å². The monoisotopic (exact) mass is 259 g/mol. The van der Waals surface area contributed by atoms with Gasteiger partial charge in [-0.3, -0.25) is 0 Å². The molecule has 0 spiro atoms. The van der Waals surface area contributed by atoms with E-state index in [9.17, 15) is 0 Å². The van der Waals surface area contributed by atoms with Gasteiger partial charge in [0.05, 0.1) is 11.0 Å². The zero-order chi connectivity index (χ0) is 14.2. The molecule has 0 saturated heterocycles. The number of hydrogen-bond donors (Lipinski definition) is 1. The third kappa shape index (κ3) is 3.16. The van der Waals surface area contributed by atoms with Crippen LogP contribution in [0.1, 0.15) is 38.6 Å². The molecule has 2 N–H and O–H groups in total. The van der Waals surface area contributed by atoms with E-state index >= 15 is 0 Å². The Balaban J connectivity index is 2.27. The first-order chi connectivity index (χ1) is 8.78. The quantitative estimate of drug-likeness (QED) is 0.920. The first-order valence-electron chi connectivity index (χ1n) is 6.94. The van der Waals surface area contributed by atoms with E-state index in [0.29, 0.717) is 0 Å². The molecule has 0 bridgehead atoms. The highest BCUT2D eigenvalue weighted by atomic mass is 15.1. The maximum atomic E-state index is 6.27. The molecule has 0 fully saturated rings. The molecule has 104 valence electrons. The normalized spacial score (nSPS) is 14.0. The molecule has 0 amide bonds. The first kappa shape index (κ1) is 14.1. The molecule has 1 unspecified atom stereocenters. The van der Waals surface area contributed by atoms with Gasteiger partial charge in [0, 0.05) is 19.5 Å². The molecule has 0 aliphatic carbocycles. The van der Waals surface area contributed by atoms with Gasteiger partial charge in [0.15, 0.2) is 0 Å². The number of rotatable bonds is 3. The molecule has 3 nitrogen and oxygen atoms in total. The van der Waals surface area contributed by atoms with Gasteiger partial charge in [-0.25, -0.2) is 4.98 Å². The Bertz CT molecular complexity index is 575. The number of para-hydroxylation sites is 1. The van der Waals surface area contributed by atoms with Crippen molar-refractivity contribution in [1.82, 2.24) is 9.55 Å². The van der Waals surface area contributed by atoms with Crippen LogP contribution in [-0.2, 0) is 13.5 Å². The summed E-state index contributed by atoms with van der Waals surface area (Å²) in [6, 6.07) is 6.42. The van der Waals surface area contributed by atoms with Gasteiger partial charge >= 0.3 is 0 Å². The summed E-state index contributed by atoms with van der Waals surface area (Å²) < 4.78 is 2.19. The molecule has 0 aliphatic heterocycles. The third-order valence-electron chi connectivity index (χ3n) is 3.51. The highest BCUT2D eigenvalue weighted by Crippen LogP contribution is 2.23. The fourth-order valence-electron chi connectivity index (χ4n) is 2.79. The minimum Gasteiger partial charge on any atom is -0.331 e. The summed E-state index contributed by atoms with van der Waals surface area (Å²) in [6.07, 6.45) is 1.84. The second-order valence-corrected chi connectivity index (χ2v) is 6.76. The number of nitrogens with zero attached hydrogens (tertiary/aromatic N) is 2. The summed E-state index contributed by atoms with van der Waals surface area (Å²) in [7, 11) is 2.08. The van der Waals surface area contributed by atoms with E-state index in [0.717, 1.165) is 24.2 Å². The number of aryl methyl sites for hydroxylation is 2. The molecule has 1 aromatic heterocycles. The summed E-state index contributed by atoms with van der Waals surface area (Å²) in [4.78, 5) is 4.73. The van der Waals surface area contributed by atoms with Crippen molar-refractivity contribution in [2.75, 3.05) is 0 Å². The molecule has 2 aromatic rings. The zero-order valence-corrected chi connectivity index (χ0v) is 12.7. The van der Waals surface area contributed by atoms with Gasteiger partial charge in [-0.05, 0) is 30.4 Å². The molecule has 1 aromatic carbocycles. The molecule has 0 radical (unpaired) electrons. The van der Waals surface area contributed by atoms with Crippen molar-refractivity contribution in [3.05, 3.63) is 29.6 Å². The Labute approximate surface area is 115 Å². The molecule has 2 rings (SSSR count). The number of aromatic nitrogens is 2. The molecular formula is C16H25N3. The standard InChI is InChI=1S/C16H25N3/c1-11-7-6-8-13-15(11)19(5)14(18-13)9-12(17)10-16(2,3)4/h6-8,12H,9-10,17H2,1-5H3. The van der Waals surface area contributed by atoms with E-state index in [-0.39, 0.29) is 11.5 Å². The van der Waals surface area contributed by atoms with Gasteiger partial charge in [0.1, 0.15) is 5.82 Å². The van der Waals surface area contributed by atoms with Gasteiger partial charge in [0.25, 0.3) is 0 Å².